The lowest BCUT2D eigenvalue weighted by molar-refractivity contribution is 0.313. The van der Waals surface area contributed by atoms with Gasteiger partial charge in [-0.3, -0.25) is 0 Å². The van der Waals surface area contributed by atoms with Crippen molar-refractivity contribution in [1.82, 2.24) is 0 Å². The molecule has 0 unspecified atom stereocenters. The second kappa shape index (κ2) is 6.64. The van der Waals surface area contributed by atoms with Crippen molar-refractivity contribution in [2.75, 3.05) is 13.2 Å². The summed E-state index contributed by atoms with van der Waals surface area (Å²) >= 11 is 10.5. The number of rotatable bonds is 5. The van der Waals surface area contributed by atoms with E-state index in [2.05, 4.69) is 22.4 Å². The Morgan fingerprint density at radius 3 is 2.56 bits per heavy atom. The van der Waals surface area contributed by atoms with E-state index in [9.17, 15) is 0 Å². The maximum Gasteiger partial charge on any atom is 0.119 e. The molecule has 0 aliphatic rings. The summed E-state index contributed by atoms with van der Waals surface area (Å²) < 4.78 is 5.59. The van der Waals surface area contributed by atoms with E-state index < -0.39 is 0 Å². The maximum absolute atomic E-state index is 6.06. The molecule has 0 aliphatic carbocycles. The van der Waals surface area contributed by atoms with Gasteiger partial charge in [-0.25, -0.2) is 4.99 Å². The van der Waals surface area contributed by atoms with Crippen molar-refractivity contribution >= 4 is 29.0 Å². The van der Waals surface area contributed by atoms with Gasteiger partial charge in [0.25, 0.3) is 0 Å². The Kier molecular flexibility index (Phi) is 5.47. The molecular formula is C12H14ClNOS. The minimum absolute atomic E-state index is 0.626. The minimum atomic E-state index is 0.626. The third-order valence-electron chi connectivity index (χ3n) is 2.16. The number of isothiocyanates is 1. The van der Waals surface area contributed by atoms with Gasteiger partial charge in [0.15, 0.2) is 0 Å². The van der Waals surface area contributed by atoms with Gasteiger partial charge in [-0.05, 0) is 49.3 Å². The first-order chi connectivity index (χ1) is 7.65. The molecule has 0 N–H and O–H groups in total. The average molecular weight is 256 g/mol. The maximum atomic E-state index is 6.06. The van der Waals surface area contributed by atoms with E-state index in [1.54, 1.807) is 0 Å². The molecule has 0 atom stereocenters. The zero-order valence-electron chi connectivity index (χ0n) is 9.42. The van der Waals surface area contributed by atoms with Crippen LogP contribution in [-0.4, -0.2) is 18.3 Å². The summed E-state index contributed by atoms with van der Waals surface area (Å²) in [6.07, 6.45) is 0.838. The SMILES string of the molecule is Cc1cc(OCCCN=C=S)cc(C)c1Cl. The van der Waals surface area contributed by atoms with E-state index >= 15 is 0 Å². The third kappa shape index (κ3) is 3.93. The highest BCUT2D eigenvalue weighted by molar-refractivity contribution is 7.78. The van der Waals surface area contributed by atoms with Gasteiger partial charge in [0.05, 0.1) is 18.3 Å². The molecule has 0 fully saturated rings. The molecule has 0 saturated carbocycles. The molecule has 0 aliphatic heterocycles. The van der Waals surface area contributed by atoms with Crippen molar-refractivity contribution in [3.8, 4) is 5.75 Å². The van der Waals surface area contributed by atoms with Crippen LogP contribution in [0.3, 0.4) is 0 Å². The van der Waals surface area contributed by atoms with Crippen LogP contribution in [0.1, 0.15) is 17.5 Å². The first-order valence-corrected chi connectivity index (χ1v) is 5.87. The van der Waals surface area contributed by atoms with Crippen LogP contribution in [-0.2, 0) is 0 Å². The molecule has 0 saturated heterocycles. The van der Waals surface area contributed by atoms with Gasteiger partial charge in [0.1, 0.15) is 5.75 Å². The third-order valence-corrected chi connectivity index (χ3v) is 2.88. The van der Waals surface area contributed by atoms with Crippen molar-refractivity contribution in [2.45, 2.75) is 20.3 Å². The summed E-state index contributed by atoms with van der Waals surface area (Å²) in [4.78, 5) is 3.82. The Morgan fingerprint density at radius 2 is 2.00 bits per heavy atom. The van der Waals surface area contributed by atoms with Gasteiger partial charge in [-0.1, -0.05) is 11.6 Å². The lowest BCUT2D eigenvalue weighted by atomic mass is 10.1. The first kappa shape index (κ1) is 13.2. The number of ether oxygens (including phenoxy) is 1. The second-order valence-electron chi connectivity index (χ2n) is 3.55. The van der Waals surface area contributed by atoms with Gasteiger partial charge >= 0.3 is 0 Å². The van der Waals surface area contributed by atoms with Crippen LogP contribution in [0.5, 0.6) is 5.75 Å². The highest BCUT2D eigenvalue weighted by atomic mass is 35.5. The van der Waals surface area contributed by atoms with Crippen LogP contribution < -0.4 is 4.74 Å². The summed E-state index contributed by atoms with van der Waals surface area (Å²) in [6.45, 7) is 5.23. The van der Waals surface area contributed by atoms with E-state index in [0.717, 1.165) is 28.3 Å². The van der Waals surface area contributed by atoms with Crippen LogP contribution in [0.25, 0.3) is 0 Å². The van der Waals surface area contributed by atoms with E-state index in [-0.39, 0.29) is 0 Å². The fourth-order valence-corrected chi connectivity index (χ4v) is 1.57. The number of benzene rings is 1. The van der Waals surface area contributed by atoms with Crippen LogP contribution >= 0.6 is 23.8 Å². The summed E-state index contributed by atoms with van der Waals surface area (Å²) in [5, 5.41) is 3.13. The molecule has 0 bridgehead atoms. The highest BCUT2D eigenvalue weighted by Crippen LogP contribution is 2.25. The summed E-state index contributed by atoms with van der Waals surface area (Å²) in [6, 6.07) is 3.88. The predicted octanol–water partition coefficient (Wildman–Crippen LogP) is 3.83. The molecule has 0 amide bonds. The summed E-state index contributed by atoms with van der Waals surface area (Å²) in [7, 11) is 0. The van der Waals surface area contributed by atoms with Crippen LogP contribution in [0.4, 0.5) is 0 Å². The minimum Gasteiger partial charge on any atom is -0.494 e. The molecule has 1 aromatic rings. The van der Waals surface area contributed by atoms with Crippen molar-refractivity contribution in [3.63, 3.8) is 0 Å². The van der Waals surface area contributed by atoms with E-state index in [1.807, 2.05) is 26.0 Å². The molecular weight excluding hydrogens is 242 g/mol. The first-order valence-electron chi connectivity index (χ1n) is 5.08. The van der Waals surface area contributed by atoms with Crippen molar-refractivity contribution < 1.29 is 4.74 Å². The van der Waals surface area contributed by atoms with E-state index in [1.165, 1.54) is 0 Å². The Labute approximate surface area is 106 Å². The predicted molar refractivity (Wildman–Crippen MR) is 70.9 cm³/mol. The zero-order valence-corrected chi connectivity index (χ0v) is 11.0. The number of nitrogens with zero attached hydrogens (tertiary/aromatic N) is 1. The van der Waals surface area contributed by atoms with E-state index in [0.29, 0.717) is 13.2 Å². The normalized spacial score (nSPS) is 9.69. The molecule has 2 nitrogen and oxygen atoms in total. The van der Waals surface area contributed by atoms with E-state index in [4.69, 9.17) is 16.3 Å². The van der Waals surface area contributed by atoms with Crippen molar-refractivity contribution in [3.05, 3.63) is 28.3 Å². The van der Waals surface area contributed by atoms with Gasteiger partial charge in [0, 0.05) is 11.4 Å². The topological polar surface area (TPSA) is 21.6 Å². The molecule has 0 heterocycles. The number of thiocarbonyl (C=S) groups is 1. The van der Waals surface area contributed by atoms with Crippen LogP contribution in [0.15, 0.2) is 17.1 Å². The monoisotopic (exact) mass is 255 g/mol. The molecule has 1 aromatic carbocycles. The summed E-state index contributed by atoms with van der Waals surface area (Å²) in [5.74, 6) is 0.853. The average Bonchev–Trinajstić information content (AvgIpc) is 2.25. The lowest BCUT2D eigenvalue weighted by Gasteiger charge is -2.09. The molecule has 86 valence electrons. The zero-order chi connectivity index (χ0) is 12.0. The Morgan fingerprint density at radius 1 is 1.38 bits per heavy atom. The van der Waals surface area contributed by atoms with Gasteiger partial charge < -0.3 is 4.74 Å². The number of aryl methyl sites for hydroxylation is 2. The molecule has 0 radical (unpaired) electrons. The fraction of sp³-hybridized carbons (Fsp3) is 0.417. The molecule has 1 rings (SSSR count). The number of hydrogen-bond acceptors (Lipinski definition) is 3. The standard InChI is InChI=1S/C12H14ClNOS/c1-9-6-11(7-10(2)12(9)13)15-5-3-4-14-8-16/h6-7H,3-5H2,1-2H3. The largest absolute Gasteiger partial charge is 0.494 e. The Hall–Kier alpha value is -0.890. The number of hydrogen-bond donors (Lipinski definition) is 0. The molecule has 0 spiro atoms. The van der Waals surface area contributed by atoms with Gasteiger partial charge in [-0.15, -0.1) is 0 Å². The van der Waals surface area contributed by atoms with Crippen molar-refractivity contribution in [1.29, 1.82) is 0 Å². The van der Waals surface area contributed by atoms with Crippen molar-refractivity contribution in [2.24, 2.45) is 4.99 Å². The second-order valence-corrected chi connectivity index (χ2v) is 4.11. The van der Waals surface area contributed by atoms with Gasteiger partial charge in [-0.2, -0.15) is 0 Å². The molecule has 0 aromatic heterocycles. The fourth-order valence-electron chi connectivity index (χ4n) is 1.37. The molecule has 16 heavy (non-hydrogen) atoms. The highest BCUT2D eigenvalue weighted by Gasteiger charge is 2.03. The van der Waals surface area contributed by atoms with Crippen LogP contribution in [0, 0.1) is 13.8 Å². The van der Waals surface area contributed by atoms with Crippen LogP contribution in [0.2, 0.25) is 5.02 Å². The van der Waals surface area contributed by atoms with Gasteiger partial charge in [0.2, 0.25) is 0 Å². The molecule has 4 heteroatoms. The number of aliphatic imine (C=N–C) groups is 1. The number of halogens is 1. The smallest absolute Gasteiger partial charge is 0.119 e. The lowest BCUT2D eigenvalue weighted by Crippen LogP contribution is -1.99. The Bertz CT molecular complexity index is 390. The summed E-state index contributed by atoms with van der Waals surface area (Å²) in [5.41, 5.74) is 2.07. The quantitative estimate of drug-likeness (QED) is 0.453. The Balaban J connectivity index is 2.51.